The minimum absolute atomic E-state index is 0.0781. The highest BCUT2D eigenvalue weighted by Gasteiger charge is 2.32. The van der Waals surface area contributed by atoms with Crippen LogP contribution in [-0.4, -0.2) is 17.8 Å². The first kappa shape index (κ1) is 12.0. The Hall–Kier alpha value is -1.02. The summed E-state index contributed by atoms with van der Waals surface area (Å²) in [6, 6.07) is 8.21. The van der Waals surface area contributed by atoms with Crippen LogP contribution in [0.5, 0.6) is 0 Å². The van der Waals surface area contributed by atoms with Crippen LogP contribution in [0.15, 0.2) is 24.3 Å². The van der Waals surface area contributed by atoms with E-state index in [0.717, 1.165) is 32.2 Å². The van der Waals surface area contributed by atoms with Gasteiger partial charge in [0.05, 0.1) is 5.92 Å². The smallest absolute Gasteiger partial charge is 0.227 e. The molecule has 3 unspecified atom stereocenters. The molecule has 18 heavy (non-hydrogen) atoms. The molecule has 96 valence electrons. The minimum Gasteiger partial charge on any atom is -0.355 e. The molecular weight excluding hydrogens is 246 g/mol. The molecule has 0 heterocycles. The Balaban J connectivity index is 1.52. The Morgan fingerprint density at radius 3 is 2.89 bits per heavy atom. The number of amides is 1. The summed E-state index contributed by atoms with van der Waals surface area (Å²) in [5, 5.41) is 3.41. The zero-order valence-corrected chi connectivity index (χ0v) is 11.1. The lowest BCUT2D eigenvalue weighted by atomic mass is 9.77. The van der Waals surface area contributed by atoms with E-state index in [1.54, 1.807) is 0 Å². The summed E-state index contributed by atoms with van der Waals surface area (Å²) in [5.74, 6) is 0.841. The molecule has 3 heteroatoms. The molecule has 0 saturated heterocycles. The van der Waals surface area contributed by atoms with E-state index < -0.39 is 0 Å². The number of hydrogen-bond acceptors (Lipinski definition) is 1. The van der Waals surface area contributed by atoms with Gasteiger partial charge in [0.25, 0.3) is 0 Å². The normalized spacial score (nSPS) is 29.5. The van der Waals surface area contributed by atoms with Crippen molar-refractivity contribution in [3.8, 4) is 0 Å². The maximum Gasteiger partial charge on any atom is 0.227 e. The standard InChI is InChI=1S/C15H18ClNO/c16-12-6-5-10(7-12)9-17-15(18)14-8-11-3-1-2-4-13(11)14/h1-4,10,12,14H,5-9H2,(H,17,18). The summed E-state index contributed by atoms with van der Waals surface area (Å²) < 4.78 is 0. The third-order valence-corrected chi connectivity index (χ3v) is 4.61. The summed E-state index contributed by atoms with van der Waals surface area (Å²) >= 11 is 6.08. The molecule has 1 N–H and O–H groups in total. The zero-order chi connectivity index (χ0) is 12.5. The van der Waals surface area contributed by atoms with Crippen molar-refractivity contribution in [2.24, 2.45) is 5.92 Å². The largest absolute Gasteiger partial charge is 0.355 e. The van der Waals surface area contributed by atoms with Crippen LogP contribution in [0.2, 0.25) is 0 Å². The molecule has 1 fully saturated rings. The average Bonchev–Trinajstić information content (AvgIpc) is 2.74. The van der Waals surface area contributed by atoms with Gasteiger partial charge in [0, 0.05) is 11.9 Å². The highest BCUT2D eigenvalue weighted by atomic mass is 35.5. The summed E-state index contributed by atoms with van der Waals surface area (Å²) in [6.07, 6.45) is 4.18. The van der Waals surface area contributed by atoms with Crippen LogP contribution < -0.4 is 5.32 Å². The monoisotopic (exact) mass is 263 g/mol. The number of hydrogen-bond donors (Lipinski definition) is 1. The van der Waals surface area contributed by atoms with Gasteiger partial charge < -0.3 is 5.32 Å². The number of rotatable bonds is 3. The van der Waals surface area contributed by atoms with Crippen molar-refractivity contribution in [3.05, 3.63) is 35.4 Å². The molecular formula is C15H18ClNO. The number of benzene rings is 1. The van der Waals surface area contributed by atoms with E-state index in [4.69, 9.17) is 11.6 Å². The van der Waals surface area contributed by atoms with Crippen molar-refractivity contribution >= 4 is 17.5 Å². The molecule has 0 radical (unpaired) electrons. The Kier molecular flexibility index (Phi) is 3.29. The van der Waals surface area contributed by atoms with Gasteiger partial charge in [0.1, 0.15) is 0 Å². The quantitative estimate of drug-likeness (QED) is 0.835. The van der Waals surface area contributed by atoms with Crippen LogP contribution in [0.25, 0.3) is 0 Å². The highest BCUT2D eigenvalue weighted by molar-refractivity contribution is 6.20. The Morgan fingerprint density at radius 2 is 2.17 bits per heavy atom. The molecule has 1 saturated carbocycles. The Labute approximate surface area is 113 Å². The van der Waals surface area contributed by atoms with E-state index in [2.05, 4.69) is 17.4 Å². The number of nitrogens with one attached hydrogen (secondary N) is 1. The Bertz CT molecular complexity index is 460. The van der Waals surface area contributed by atoms with Crippen molar-refractivity contribution in [1.82, 2.24) is 5.32 Å². The second-order valence-corrected chi connectivity index (χ2v) is 6.09. The van der Waals surface area contributed by atoms with E-state index in [1.807, 2.05) is 12.1 Å². The Morgan fingerprint density at radius 1 is 1.33 bits per heavy atom. The number of alkyl halides is 1. The van der Waals surface area contributed by atoms with Crippen LogP contribution in [0.1, 0.15) is 36.3 Å². The predicted molar refractivity (Wildman–Crippen MR) is 72.9 cm³/mol. The fraction of sp³-hybridized carbons (Fsp3) is 0.533. The maximum atomic E-state index is 12.1. The molecule has 3 rings (SSSR count). The number of carbonyl (C=O) groups is 1. The van der Waals surface area contributed by atoms with Gasteiger partial charge in [0.2, 0.25) is 5.91 Å². The fourth-order valence-electron chi connectivity index (χ4n) is 3.06. The second-order valence-electron chi connectivity index (χ2n) is 5.48. The van der Waals surface area contributed by atoms with Gasteiger partial charge in [0.15, 0.2) is 0 Å². The lowest BCUT2D eigenvalue weighted by Crippen LogP contribution is -2.37. The van der Waals surface area contributed by atoms with Crippen LogP contribution in [-0.2, 0) is 11.2 Å². The zero-order valence-electron chi connectivity index (χ0n) is 10.4. The van der Waals surface area contributed by atoms with Gasteiger partial charge in [-0.1, -0.05) is 24.3 Å². The molecule has 0 aliphatic heterocycles. The van der Waals surface area contributed by atoms with E-state index in [9.17, 15) is 4.79 Å². The first-order chi connectivity index (χ1) is 8.74. The molecule has 0 spiro atoms. The molecule has 1 aromatic carbocycles. The average molecular weight is 264 g/mol. The molecule has 1 aromatic rings. The topological polar surface area (TPSA) is 29.1 Å². The highest BCUT2D eigenvalue weighted by Crippen LogP contribution is 2.35. The summed E-state index contributed by atoms with van der Waals surface area (Å²) in [7, 11) is 0. The van der Waals surface area contributed by atoms with Crippen molar-refractivity contribution in [2.75, 3.05) is 6.54 Å². The van der Waals surface area contributed by atoms with Gasteiger partial charge in [-0.25, -0.2) is 0 Å². The third kappa shape index (κ3) is 2.26. The fourth-order valence-corrected chi connectivity index (χ4v) is 3.44. The lowest BCUT2D eigenvalue weighted by Gasteiger charge is -2.29. The lowest BCUT2D eigenvalue weighted by molar-refractivity contribution is -0.123. The predicted octanol–water partition coefficient (Wildman–Crippen LogP) is 2.85. The summed E-state index contributed by atoms with van der Waals surface area (Å²) in [5.41, 5.74) is 2.52. The van der Waals surface area contributed by atoms with E-state index in [-0.39, 0.29) is 11.8 Å². The van der Waals surface area contributed by atoms with Crippen LogP contribution in [0.4, 0.5) is 0 Å². The van der Waals surface area contributed by atoms with Gasteiger partial charge >= 0.3 is 0 Å². The summed E-state index contributed by atoms with van der Waals surface area (Å²) in [4.78, 5) is 12.1. The maximum absolute atomic E-state index is 12.1. The van der Waals surface area contributed by atoms with Crippen molar-refractivity contribution in [1.29, 1.82) is 0 Å². The second kappa shape index (κ2) is 4.93. The first-order valence-electron chi connectivity index (χ1n) is 6.73. The molecule has 2 nitrogen and oxygen atoms in total. The van der Waals surface area contributed by atoms with Gasteiger partial charge in [-0.2, -0.15) is 0 Å². The van der Waals surface area contributed by atoms with Crippen LogP contribution >= 0.6 is 11.6 Å². The molecule has 0 bridgehead atoms. The number of halogens is 1. The van der Waals surface area contributed by atoms with E-state index in [0.29, 0.717) is 11.3 Å². The van der Waals surface area contributed by atoms with Gasteiger partial charge in [-0.15, -0.1) is 11.6 Å². The molecule has 1 amide bonds. The van der Waals surface area contributed by atoms with Crippen LogP contribution in [0.3, 0.4) is 0 Å². The van der Waals surface area contributed by atoms with Gasteiger partial charge in [-0.3, -0.25) is 4.79 Å². The third-order valence-electron chi connectivity index (χ3n) is 4.21. The molecule has 2 aliphatic rings. The SMILES string of the molecule is O=C(NCC1CCC(Cl)C1)C1Cc2ccccc21. The summed E-state index contributed by atoms with van der Waals surface area (Å²) in [6.45, 7) is 0.792. The minimum atomic E-state index is 0.0781. The van der Waals surface area contributed by atoms with Crippen molar-refractivity contribution in [3.63, 3.8) is 0 Å². The molecule has 3 atom stereocenters. The number of fused-ring (bicyclic) bond motifs is 1. The van der Waals surface area contributed by atoms with Gasteiger partial charge in [-0.05, 0) is 42.7 Å². The van der Waals surface area contributed by atoms with Crippen LogP contribution in [0, 0.1) is 5.92 Å². The molecule has 2 aliphatic carbocycles. The first-order valence-corrected chi connectivity index (χ1v) is 7.17. The van der Waals surface area contributed by atoms with E-state index >= 15 is 0 Å². The number of carbonyl (C=O) groups excluding carboxylic acids is 1. The van der Waals surface area contributed by atoms with Crippen molar-refractivity contribution in [2.45, 2.75) is 37.0 Å². The van der Waals surface area contributed by atoms with Crippen molar-refractivity contribution < 1.29 is 4.79 Å². The molecule has 0 aromatic heterocycles. The van der Waals surface area contributed by atoms with E-state index in [1.165, 1.54) is 11.1 Å².